The summed E-state index contributed by atoms with van der Waals surface area (Å²) >= 11 is 5.95. The standard InChI is InChI=1S/C18H15ClN4O3/c1-8-15-12(7-14(9-2-3-9)22-18(15)26-23-8)17(25)21-10-4-5-13(19)11(6-10)16(20)24/h4-7,9H,2-3H2,1H3,(H2,20,24)(H,21,25). The van der Waals surface area contributed by atoms with Gasteiger partial charge in [-0.05, 0) is 44.0 Å². The van der Waals surface area contributed by atoms with Gasteiger partial charge in [0.1, 0.15) is 0 Å². The summed E-state index contributed by atoms with van der Waals surface area (Å²) in [5.74, 6) is -0.653. The molecule has 3 aromatic rings. The molecule has 0 saturated heterocycles. The maximum atomic E-state index is 12.9. The molecule has 0 unspecified atom stereocenters. The highest BCUT2D eigenvalue weighted by Crippen LogP contribution is 2.40. The van der Waals surface area contributed by atoms with E-state index in [9.17, 15) is 9.59 Å². The van der Waals surface area contributed by atoms with Gasteiger partial charge < -0.3 is 15.6 Å². The van der Waals surface area contributed by atoms with Crippen molar-refractivity contribution >= 4 is 40.2 Å². The zero-order chi connectivity index (χ0) is 18.4. The summed E-state index contributed by atoms with van der Waals surface area (Å²) in [4.78, 5) is 28.8. The number of benzene rings is 1. The summed E-state index contributed by atoms with van der Waals surface area (Å²) in [5.41, 5.74) is 8.07. The number of aromatic nitrogens is 2. The Morgan fingerprint density at radius 2 is 2.04 bits per heavy atom. The number of carbonyl (C=O) groups is 2. The average Bonchev–Trinajstić information content (AvgIpc) is 3.39. The number of hydrogen-bond donors (Lipinski definition) is 2. The smallest absolute Gasteiger partial charge is 0.259 e. The van der Waals surface area contributed by atoms with E-state index in [2.05, 4.69) is 15.5 Å². The second-order valence-corrected chi connectivity index (χ2v) is 6.74. The Kier molecular flexibility index (Phi) is 3.88. The summed E-state index contributed by atoms with van der Waals surface area (Å²) in [6.07, 6.45) is 2.09. The van der Waals surface area contributed by atoms with Crippen molar-refractivity contribution in [2.45, 2.75) is 25.7 Å². The number of nitrogens with two attached hydrogens (primary N) is 1. The molecule has 0 aliphatic heterocycles. The van der Waals surface area contributed by atoms with Crippen LogP contribution in [0.5, 0.6) is 0 Å². The van der Waals surface area contributed by atoms with Crippen LogP contribution in [-0.2, 0) is 0 Å². The second kappa shape index (κ2) is 6.10. The molecule has 0 radical (unpaired) electrons. The minimum absolute atomic E-state index is 0.143. The Hall–Kier alpha value is -2.93. The Balaban J connectivity index is 1.73. The molecule has 0 spiro atoms. The van der Waals surface area contributed by atoms with Crippen molar-refractivity contribution in [3.63, 3.8) is 0 Å². The quantitative estimate of drug-likeness (QED) is 0.730. The zero-order valence-electron chi connectivity index (χ0n) is 13.9. The SMILES string of the molecule is Cc1noc2nc(C3CC3)cc(C(=O)Nc3ccc(Cl)c(C(N)=O)c3)c12. The molecule has 4 rings (SSSR count). The third-order valence-corrected chi connectivity index (χ3v) is 4.70. The third-order valence-electron chi connectivity index (χ3n) is 4.37. The van der Waals surface area contributed by atoms with Crippen molar-refractivity contribution in [2.24, 2.45) is 5.73 Å². The third kappa shape index (κ3) is 2.90. The number of nitrogens with zero attached hydrogens (tertiary/aromatic N) is 2. The highest BCUT2D eigenvalue weighted by atomic mass is 35.5. The first-order chi connectivity index (χ1) is 12.4. The lowest BCUT2D eigenvalue weighted by molar-refractivity contribution is 0.0996. The van der Waals surface area contributed by atoms with Crippen LogP contribution in [0.15, 0.2) is 28.8 Å². The number of anilines is 1. The van der Waals surface area contributed by atoms with E-state index >= 15 is 0 Å². The number of fused-ring (bicyclic) bond motifs is 1. The molecule has 26 heavy (non-hydrogen) atoms. The van der Waals surface area contributed by atoms with E-state index in [1.54, 1.807) is 19.1 Å². The van der Waals surface area contributed by atoms with Gasteiger partial charge in [0, 0.05) is 17.3 Å². The Labute approximate surface area is 153 Å². The normalized spacial score (nSPS) is 13.8. The average molecular weight is 371 g/mol. The Bertz CT molecular complexity index is 1060. The lowest BCUT2D eigenvalue weighted by Gasteiger charge is -2.09. The number of amides is 2. The molecule has 1 saturated carbocycles. The number of rotatable bonds is 4. The van der Waals surface area contributed by atoms with Crippen molar-refractivity contribution in [2.75, 3.05) is 5.32 Å². The molecule has 0 bridgehead atoms. The van der Waals surface area contributed by atoms with Crippen LogP contribution in [-0.4, -0.2) is 22.0 Å². The lowest BCUT2D eigenvalue weighted by Crippen LogP contribution is -2.15. The molecule has 0 atom stereocenters. The van der Waals surface area contributed by atoms with Crippen LogP contribution < -0.4 is 11.1 Å². The van der Waals surface area contributed by atoms with Gasteiger partial charge >= 0.3 is 0 Å². The van der Waals surface area contributed by atoms with E-state index in [-0.39, 0.29) is 16.5 Å². The summed E-state index contributed by atoms with van der Waals surface area (Å²) in [7, 11) is 0. The molecular weight excluding hydrogens is 356 g/mol. The molecule has 2 aromatic heterocycles. The summed E-state index contributed by atoms with van der Waals surface area (Å²) in [6, 6.07) is 6.35. The van der Waals surface area contributed by atoms with Crippen molar-refractivity contribution < 1.29 is 14.1 Å². The molecular formula is C18H15ClN4O3. The van der Waals surface area contributed by atoms with E-state index in [0.29, 0.717) is 34.0 Å². The predicted octanol–water partition coefficient (Wildman–Crippen LogP) is 3.41. The van der Waals surface area contributed by atoms with Gasteiger partial charge in [-0.1, -0.05) is 16.8 Å². The van der Waals surface area contributed by atoms with Crippen LogP contribution in [0.4, 0.5) is 5.69 Å². The van der Waals surface area contributed by atoms with Gasteiger partial charge in [0.25, 0.3) is 11.6 Å². The van der Waals surface area contributed by atoms with Crippen LogP contribution in [0, 0.1) is 6.92 Å². The largest absolute Gasteiger partial charge is 0.366 e. The molecule has 7 nitrogen and oxygen atoms in total. The first-order valence-corrected chi connectivity index (χ1v) is 8.49. The summed E-state index contributed by atoms with van der Waals surface area (Å²) in [5, 5.41) is 7.50. The highest BCUT2D eigenvalue weighted by molar-refractivity contribution is 6.34. The van der Waals surface area contributed by atoms with Gasteiger partial charge in [-0.3, -0.25) is 9.59 Å². The number of aryl methyl sites for hydroxylation is 1. The van der Waals surface area contributed by atoms with E-state index in [4.69, 9.17) is 21.9 Å². The van der Waals surface area contributed by atoms with Crippen LogP contribution in [0.25, 0.3) is 11.1 Å². The van der Waals surface area contributed by atoms with E-state index < -0.39 is 5.91 Å². The number of hydrogen-bond acceptors (Lipinski definition) is 5. The van der Waals surface area contributed by atoms with Crippen molar-refractivity contribution in [1.82, 2.24) is 10.1 Å². The monoisotopic (exact) mass is 370 g/mol. The van der Waals surface area contributed by atoms with Gasteiger partial charge in [0.15, 0.2) is 0 Å². The Morgan fingerprint density at radius 3 is 2.73 bits per heavy atom. The number of pyridine rings is 1. The van der Waals surface area contributed by atoms with Crippen LogP contribution in [0.3, 0.4) is 0 Å². The van der Waals surface area contributed by atoms with Crippen molar-refractivity contribution in [3.05, 3.63) is 51.8 Å². The molecule has 2 heterocycles. The van der Waals surface area contributed by atoms with Crippen LogP contribution in [0.1, 0.15) is 50.9 Å². The first kappa shape index (κ1) is 16.5. The van der Waals surface area contributed by atoms with E-state index in [1.165, 1.54) is 12.1 Å². The van der Waals surface area contributed by atoms with Gasteiger partial charge in [-0.25, -0.2) is 4.98 Å². The van der Waals surface area contributed by atoms with Gasteiger partial charge in [0.05, 0.1) is 27.2 Å². The lowest BCUT2D eigenvalue weighted by atomic mass is 10.1. The molecule has 8 heteroatoms. The molecule has 1 aliphatic rings. The first-order valence-electron chi connectivity index (χ1n) is 8.11. The number of nitrogens with one attached hydrogen (secondary N) is 1. The molecule has 2 amide bonds. The molecule has 1 fully saturated rings. The van der Waals surface area contributed by atoms with Crippen molar-refractivity contribution in [3.8, 4) is 0 Å². The molecule has 3 N–H and O–H groups in total. The van der Waals surface area contributed by atoms with Gasteiger partial charge in [0.2, 0.25) is 5.91 Å². The fourth-order valence-corrected chi connectivity index (χ4v) is 3.08. The number of halogens is 1. The second-order valence-electron chi connectivity index (χ2n) is 6.33. The highest BCUT2D eigenvalue weighted by Gasteiger charge is 2.28. The fraction of sp³-hybridized carbons (Fsp3) is 0.222. The Morgan fingerprint density at radius 1 is 1.27 bits per heavy atom. The van der Waals surface area contributed by atoms with E-state index in [1.807, 2.05) is 0 Å². The van der Waals surface area contributed by atoms with Crippen molar-refractivity contribution in [1.29, 1.82) is 0 Å². The topological polar surface area (TPSA) is 111 Å². The number of primary amides is 1. The van der Waals surface area contributed by atoms with Crippen LogP contribution in [0.2, 0.25) is 5.02 Å². The zero-order valence-corrected chi connectivity index (χ0v) is 14.6. The fourth-order valence-electron chi connectivity index (χ4n) is 2.87. The minimum Gasteiger partial charge on any atom is -0.366 e. The number of carbonyl (C=O) groups excluding carboxylic acids is 2. The molecule has 132 valence electrons. The maximum absolute atomic E-state index is 12.9. The minimum atomic E-state index is -0.664. The van der Waals surface area contributed by atoms with Crippen LogP contribution >= 0.6 is 11.6 Å². The maximum Gasteiger partial charge on any atom is 0.259 e. The predicted molar refractivity (Wildman–Crippen MR) is 96.4 cm³/mol. The van der Waals surface area contributed by atoms with Gasteiger partial charge in [-0.15, -0.1) is 0 Å². The molecule has 1 aliphatic carbocycles. The van der Waals surface area contributed by atoms with Gasteiger partial charge in [-0.2, -0.15) is 0 Å². The summed E-state index contributed by atoms with van der Waals surface area (Å²) < 4.78 is 5.25. The summed E-state index contributed by atoms with van der Waals surface area (Å²) in [6.45, 7) is 1.76. The molecule has 1 aromatic carbocycles. The van der Waals surface area contributed by atoms with E-state index in [0.717, 1.165) is 18.5 Å².